The summed E-state index contributed by atoms with van der Waals surface area (Å²) >= 11 is 6.42. The van der Waals surface area contributed by atoms with Crippen LogP contribution in [0, 0.1) is 11.8 Å². The lowest BCUT2D eigenvalue weighted by Crippen LogP contribution is -2.66. The normalized spacial score (nSPS) is 27.0. The maximum Gasteiger partial charge on any atom is 0.276 e. The molecule has 34 heavy (non-hydrogen) atoms. The highest BCUT2D eigenvalue weighted by Crippen LogP contribution is 2.39. The van der Waals surface area contributed by atoms with Crippen molar-refractivity contribution in [3.05, 3.63) is 47.3 Å². The van der Waals surface area contributed by atoms with E-state index >= 15 is 0 Å². The van der Waals surface area contributed by atoms with Gasteiger partial charge >= 0.3 is 0 Å². The lowest BCUT2D eigenvalue weighted by molar-refractivity contribution is -0.128. The smallest absolute Gasteiger partial charge is 0.276 e. The number of carbonyl (C=O) groups excluding carboxylic acids is 2. The number of amides is 2. The average Bonchev–Trinajstić information content (AvgIpc) is 3.39. The summed E-state index contributed by atoms with van der Waals surface area (Å²) in [4.78, 5) is 29.4. The molecular weight excluding hydrogens is 454 g/mol. The molecule has 8 heteroatoms. The quantitative estimate of drug-likeness (QED) is 0.549. The summed E-state index contributed by atoms with van der Waals surface area (Å²) in [6.45, 7) is 6.55. The van der Waals surface area contributed by atoms with Gasteiger partial charge in [0.15, 0.2) is 5.58 Å². The lowest BCUT2D eigenvalue weighted by Gasteiger charge is -2.45. The van der Waals surface area contributed by atoms with E-state index in [0.29, 0.717) is 46.1 Å². The van der Waals surface area contributed by atoms with Gasteiger partial charge in [-0.1, -0.05) is 38.3 Å². The molecule has 5 rings (SSSR count). The third-order valence-corrected chi connectivity index (χ3v) is 8.11. The van der Waals surface area contributed by atoms with Crippen molar-refractivity contribution in [3.8, 4) is 5.75 Å². The van der Waals surface area contributed by atoms with Gasteiger partial charge in [-0.3, -0.25) is 14.5 Å². The molecule has 2 amide bonds. The summed E-state index contributed by atoms with van der Waals surface area (Å²) in [5, 5.41) is 3.68. The number of carbonyl (C=O) groups is 2. The van der Waals surface area contributed by atoms with E-state index in [1.807, 2.05) is 17.6 Å². The highest BCUT2D eigenvalue weighted by Gasteiger charge is 2.49. The maximum atomic E-state index is 14.0. The molecule has 2 aromatic heterocycles. The third-order valence-electron chi connectivity index (χ3n) is 7.81. The summed E-state index contributed by atoms with van der Waals surface area (Å²) in [6.07, 6.45) is 4.79. The van der Waals surface area contributed by atoms with E-state index in [2.05, 4.69) is 19.2 Å². The first-order valence-corrected chi connectivity index (χ1v) is 12.2. The molecule has 1 fully saturated rings. The number of ether oxygens (including phenoxy) is 1. The Balaban J connectivity index is 1.59. The van der Waals surface area contributed by atoms with Crippen LogP contribution in [0.2, 0.25) is 5.02 Å². The Kier molecular flexibility index (Phi) is 5.63. The molecule has 3 aromatic rings. The number of nitrogens with zero attached hydrogens (tertiary/aromatic N) is 2. The number of rotatable bonds is 4. The van der Waals surface area contributed by atoms with Crippen LogP contribution >= 0.6 is 11.6 Å². The van der Waals surface area contributed by atoms with Gasteiger partial charge < -0.3 is 19.0 Å². The van der Waals surface area contributed by atoms with Crippen molar-refractivity contribution in [1.82, 2.24) is 9.88 Å². The lowest BCUT2D eigenvalue weighted by atomic mass is 9.77. The van der Waals surface area contributed by atoms with Gasteiger partial charge in [0.1, 0.15) is 17.0 Å². The van der Waals surface area contributed by atoms with E-state index in [1.165, 1.54) is 6.42 Å². The van der Waals surface area contributed by atoms with Gasteiger partial charge in [0.2, 0.25) is 5.91 Å². The standard InChI is InChI=1S/C26H30ClN3O4/c1-15-6-5-7-19(16(15)2)28-25(32)26(3)14-29-20-10-11-34-23(20)13-21(29)24(31)30(26)17-8-9-22(33-4)18(27)12-17/h8-13,15-16,19H,5-7,14H2,1-4H3,(H,28,32). The van der Waals surface area contributed by atoms with Crippen LogP contribution in [0.5, 0.6) is 5.75 Å². The topological polar surface area (TPSA) is 76.7 Å². The van der Waals surface area contributed by atoms with E-state index in [1.54, 1.807) is 42.5 Å². The number of anilines is 1. The van der Waals surface area contributed by atoms with Crippen molar-refractivity contribution in [2.75, 3.05) is 12.0 Å². The van der Waals surface area contributed by atoms with Crippen molar-refractivity contribution in [1.29, 1.82) is 0 Å². The number of fused-ring (bicyclic) bond motifs is 3. The van der Waals surface area contributed by atoms with Gasteiger partial charge in [0.05, 0.1) is 30.5 Å². The van der Waals surface area contributed by atoms with E-state index in [9.17, 15) is 9.59 Å². The SMILES string of the molecule is COc1ccc(N2C(=O)c3cc4occc4n3CC2(C)C(=O)NC2CCCC(C)C2C)cc1Cl. The molecule has 0 spiro atoms. The van der Waals surface area contributed by atoms with Gasteiger partial charge in [-0.05, 0) is 43.4 Å². The molecule has 4 unspecified atom stereocenters. The molecule has 1 aromatic carbocycles. The van der Waals surface area contributed by atoms with Crippen molar-refractivity contribution in [3.63, 3.8) is 0 Å². The third kappa shape index (κ3) is 3.49. The fraction of sp³-hybridized carbons (Fsp3) is 0.462. The zero-order valence-electron chi connectivity index (χ0n) is 19.9. The monoisotopic (exact) mass is 483 g/mol. The minimum Gasteiger partial charge on any atom is -0.495 e. The number of furan rings is 1. The van der Waals surface area contributed by atoms with Crippen LogP contribution in [0.15, 0.2) is 41.0 Å². The van der Waals surface area contributed by atoms with Crippen molar-refractivity contribution >= 4 is 40.2 Å². The van der Waals surface area contributed by atoms with E-state index in [4.69, 9.17) is 20.8 Å². The highest BCUT2D eigenvalue weighted by molar-refractivity contribution is 6.32. The largest absolute Gasteiger partial charge is 0.495 e. The molecule has 0 saturated heterocycles. The summed E-state index contributed by atoms with van der Waals surface area (Å²) < 4.78 is 12.7. The van der Waals surface area contributed by atoms with Crippen LogP contribution in [0.4, 0.5) is 5.69 Å². The number of benzene rings is 1. The van der Waals surface area contributed by atoms with Crippen molar-refractivity contribution < 1.29 is 18.7 Å². The van der Waals surface area contributed by atoms with Gasteiger partial charge in [0.25, 0.3) is 5.91 Å². The Morgan fingerprint density at radius 3 is 2.76 bits per heavy atom. The Labute approximate surface area is 204 Å². The first kappa shape index (κ1) is 22.8. The summed E-state index contributed by atoms with van der Waals surface area (Å²) in [5.41, 5.74) is 1.27. The molecule has 0 radical (unpaired) electrons. The average molecular weight is 484 g/mol. The van der Waals surface area contributed by atoms with Gasteiger partial charge in [-0.25, -0.2) is 0 Å². The molecule has 2 aliphatic rings. The highest BCUT2D eigenvalue weighted by atomic mass is 35.5. The van der Waals surface area contributed by atoms with E-state index in [-0.39, 0.29) is 17.9 Å². The molecule has 1 aliphatic heterocycles. The molecule has 3 heterocycles. The van der Waals surface area contributed by atoms with Crippen LogP contribution in [0.25, 0.3) is 11.1 Å². The number of aromatic nitrogens is 1. The molecule has 7 nitrogen and oxygen atoms in total. The van der Waals surface area contributed by atoms with Crippen LogP contribution in [-0.2, 0) is 11.3 Å². The maximum absolute atomic E-state index is 14.0. The molecule has 4 atom stereocenters. The Bertz CT molecular complexity index is 1260. The number of nitrogens with one attached hydrogen (secondary N) is 1. The first-order chi connectivity index (χ1) is 16.2. The molecular formula is C26H30ClN3O4. The second kappa shape index (κ2) is 8.38. The Hall–Kier alpha value is -2.93. The van der Waals surface area contributed by atoms with Gasteiger partial charge in [-0.15, -0.1) is 0 Å². The zero-order chi connectivity index (χ0) is 24.2. The molecule has 0 bridgehead atoms. The molecule has 180 valence electrons. The Morgan fingerprint density at radius 2 is 2.03 bits per heavy atom. The fourth-order valence-electron chi connectivity index (χ4n) is 5.52. The number of halogens is 1. The number of hydrogen-bond donors (Lipinski definition) is 1. The van der Waals surface area contributed by atoms with Crippen molar-refractivity contribution in [2.24, 2.45) is 11.8 Å². The molecule has 1 aliphatic carbocycles. The fourth-order valence-corrected chi connectivity index (χ4v) is 5.77. The van der Waals surface area contributed by atoms with Gasteiger partial charge in [0, 0.05) is 23.9 Å². The van der Waals surface area contributed by atoms with Crippen LogP contribution in [-0.4, -0.2) is 35.1 Å². The van der Waals surface area contributed by atoms with Crippen molar-refractivity contribution in [2.45, 2.75) is 58.2 Å². The number of hydrogen-bond acceptors (Lipinski definition) is 4. The number of methoxy groups -OCH3 is 1. The minimum absolute atomic E-state index is 0.0736. The Morgan fingerprint density at radius 1 is 1.24 bits per heavy atom. The minimum atomic E-state index is -1.17. The summed E-state index contributed by atoms with van der Waals surface area (Å²) in [7, 11) is 1.54. The second-order valence-electron chi connectivity index (χ2n) is 9.87. The predicted octanol–water partition coefficient (Wildman–Crippen LogP) is 5.26. The summed E-state index contributed by atoms with van der Waals surface area (Å²) in [5.74, 6) is 0.966. The second-order valence-corrected chi connectivity index (χ2v) is 10.3. The van der Waals surface area contributed by atoms with Crippen LogP contribution in [0.3, 0.4) is 0 Å². The van der Waals surface area contributed by atoms with Crippen LogP contribution in [0.1, 0.15) is 50.5 Å². The molecule has 1 saturated carbocycles. The van der Waals surface area contributed by atoms with Crippen LogP contribution < -0.4 is 15.0 Å². The van der Waals surface area contributed by atoms with E-state index in [0.717, 1.165) is 18.4 Å². The summed E-state index contributed by atoms with van der Waals surface area (Å²) in [6, 6.07) is 8.80. The van der Waals surface area contributed by atoms with E-state index < -0.39 is 5.54 Å². The first-order valence-electron chi connectivity index (χ1n) is 11.8. The zero-order valence-corrected chi connectivity index (χ0v) is 20.7. The molecule has 1 N–H and O–H groups in total. The predicted molar refractivity (Wildman–Crippen MR) is 132 cm³/mol. The van der Waals surface area contributed by atoms with Gasteiger partial charge in [-0.2, -0.15) is 0 Å².